The van der Waals surface area contributed by atoms with Gasteiger partial charge < -0.3 is 0 Å². The summed E-state index contributed by atoms with van der Waals surface area (Å²) < 4.78 is 29.7. The van der Waals surface area contributed by atoms with E-state index in [4.69, 9.17) is 0 Å². The fourth-order valence-electron chi connectivity index (χ4n) is 3.30. The summed E-state index contributed by atoms with van der Waals surface area (Å²) in [7, 11) is 1.92. The zero-order chi connectivity index (χ0) is 18.1. The molecule has 4 rings (SSSR count). The lowest BCUT2D eigenvalue weighted by molar-refractivity contribution is 0.358. The topological polar surface area (TPSA) is 29.0 Å². The molecule has 1 aliphatic heterocycles. The van der Waals surface area contributed by atoms with Crippen LogP contribution in [0.5, 0.6) is 0 Å². The predicted molar refractivity (Wildman–Crippen MR) is 97.2 cm³/mol. The number of halogens is 2. The van der Waals surface area contributed by atoms with Crippen LogP contribution in [0.3, 0.4) is 0 Å². The van der Waals surface area contributed by atoms with Gasteiger partial charge in [-0.25, -0.2) is 8.78 Å². The number of aromatic nitrogens is 2. The lowest BCUT2D eigenvalue weighted by atomic mass is 9.91. The molecule has 2 heterocycles. The molecule has 0 unspecified atom stereocenters. The van der Waals surface area contributed by atoms with Crippen molar-refractivity contribution in [2.75, 3.05) is 13.6 Å². The summed E-state index contributed by atoms with van der Waals surface area (Å²) in [6.45, 7) is 1.04. The molecular formula is C21H17F2N3. The molecule has 0 atom stereocenters. The second kappa shape index (κ2) is 6.77. The lowest BCUT2D eigenvalue weighted by Crippen LogP contribution is -2.17. The summed E-state index contributed by atoms with van der Waals surface area (Å²) in [4.78, 5) is 2.00. The van der Waals surface area contributed by atoms with Crippen LogP contribution in [0.4, 0.5) is 8.78 Å². The minimum Gasteiger partial charge on any atom is -0.298 e. The highest BCUT2D eigenvalue weighted by molar-refractivity contribution is 5.83. The van der Waals surface area contributed by atoms with Crippen molar-refractivity contribution in [2.24, 2.45) is 0 Å². The highest BCUT2D eigenvalue weighted by atomic mass is 19.1. The Balaban J connectivity index is 1.91. The number of nitrogens with zero attached hydrogens (tertiary/aromatic N) is 3. The molecule has 5 heteroatoms. The Hall–Kier alpha value is -2.92. The molecule has 1 aliphatic rings. The van der Waals surface area contributed by atoms with Crippen molar-refractivity contribution in [1.29, 1.82) is 0 Å². The van der Waals surface area contributed by atoms with Crippen molar-refractivity contribution in [2.45, 2.75) is 6.54 Å². The average Bonchev–Trinajstić information content (AvgIpc) is 2.83. The molecule has 2 aromatic carbocycles. The van der Waals surface area contributed by atoms with Crippen LogP contribution in [0.25, 0.3) is 16.8 Å². The molecule has 0 aliphatic carbocycles. The number of fused-ring (bicyclic) bond motifs is 1. The Bertz CT molecular complexity index is 984. The first-order valence-corrected chi connectivity index (χ1v) is 8.38. The van der Waals surface area contributed by atoms with Gasteiger partial charge in [-0.05, 0) is 42.4 Å². The van der Waals surface area contributed by atoms with Crippen molar-refractivity contribution in [1.82, 2.24) is 15.1 Å². The summed E-state index contributed by atoms with van der Waals surface area (Å²) in [5.41, 5.74) is 3.34. The maximum absolute atomic E-state index is 15.4. The van der Waals surface area contributed by atoms with Crippen LogP contribution in [-0.4, -0.2) is 28.7 Å². The number of benzene rings is 2. The molecule has 130 valence electrons. The van der Waals surface area contributed by atoms with E-state index in [1.165, 1.54) is 6.07 Å². The molecule has 0 amide bonds. The third kappa shape index (κ3) is 2.91. The molecule has 1 aromatic heterocycles. The van der Waals surface area contributed by atoms with Crippen molar-refractivity contribution in [3.05, 3.63) is 89.1 Å². The number of hydrogen-bond acceptors (Lipinski definition) is 3. The van der Waals surface area contributed by atoms with Gasteiger partial charge in [-0.1, -0.05) is 30.3 Å². The largest absolute Gasteiger partial charge is 0.298 e. The number of likely N-dealkylation sites (N-methyl/N-ethyl adjacent to an activating group) is 1. The van der Waals surface area contributed by atoms with Crippen LogP contribution in [0.15, 0.2) is 60.8 Å². The number of rotatable bonds is 2. The average molecular weight is 349 g/mol. The highest BCUT2D eigenvalue weighted by Crippen LogP contribution is 2.35. The molecule has 3 nitrogen and oxygen atoms in total. The van der Waals surface area contributed by atoms with Gasteiger partial charge >= 0.3 is 0 Å². The normalized spacial score (nSPS) is 14.5. The molecule has 0 spiro atoms. The monoisotopic (exact) mass is 349 g/mol. The van der Waals surface area contributed by atoms with Gasteiger partial charge in [-0.2, -0.15) is 10.2 Å². The SMILES string of the molecule is CN1CC=C(c2ccccc2F)c2ccc(-c3cccnn3)c(F)c2C1. The summed E-state index contributed by atoms with van der Waals surface area (Å²) in [5.74, 6) is -0.647. The Morgan fingerprint density at radius 2 is 1.73 bits per heavy atom. The first-order valence-electron chi connectivity index (χ1n) is 8.38. The van der Waals surface area contributed by atoms with Gasteiger partial charge in [-0.15, -0.1) is 0 Å². The second-order valence-electron chi connectivity index (χ2n) is 6.36. The van der Waals surface area contributed by atoms with Gasteiger partial charge in [0.2, 0.25) is 0 Å². The van der Waals surface area contributed by atoms with Gasteiger partial charge in [0.05, 0.1) is 5.69 Å². The van der Waals surface area contributed by atoms with E-state index in [0.29, 0.717) is 46.6 Å². The molecule has 0 fully saturated rings. The fraction of sp³-hybridized carbons (Fsp3) is 0.143. The van der Waals surface area contributed by atoms with Crippen molar-refractivity contribution in [3.8, 4) is 11.3 Å². The third-order valence-corrected chi connectivity index (χ3v) is 4.58. The van der Waals surface area contributed by atoms with Crippen LogP contribution in [0.2, 0.25) is 0 Å². The standard InChI is InChI=1S/C21H17F2N3/c1-26-12-10-15(16-5-2-3-6-19(16)22)14-8-9-17(21(23)18(14)13-26)20-7-4-11-24-25-20/h2-11H,12-13H2,1H3. The van der Waals surface area contributed by atoms with Gasteiger partial charge in [-0.3, -0.25) is 4.90 Å². The van der Waals surface area contributed by atoms with E-state index in [-0.39, 0.29) is 11.6 Å². The summed E-state index contributed by atoms with van der Waals surface area (Å²) in [5, 5.41) is 7.85. The third-order valence-electron chi connectivity index (χ3n) is 4.58. The van der Waals surface area contributed by atoms with Crippen molar-refractivity contribution < 1.29 is 8.78 Å². The molecule has 0 N–H and O–H groups in total. The molecule has 0 bridgehead atoms. The van der Waals surface area contributed by atoms with Crippen LogP contribution in [0, 0.1) is 11.6 Å². The zero-order valence-electron chi connectivity index (χ0n) is 14.3. The van der Waals surface area contributed by atoms with E-state index < -0.39 is 0 Å². The molecule has 0 saturated heterocycles. The second-order valence-corrected chi connectivity index (χ2v) is 6.36. The molecule has 3 aromatic rings. The Morgan fingerprint density at radius 1 is 0.923 bits per heavy atom. The molecular weight excluding hydrogens is 332 g/mol. The first-order chi connectivity index (χ1) is 12.6. The molecule has 26 heavy (non-hydrogen) atoms. The fourth-order valence-corrected chi connectivity index (χ4v) is 3.30. The minimum atomic E-state index is -0.334. The number of hydrogen-bond donors (Lipinski definition) is 0. The Morgan fingerprint density at radius 3 is 2.50 bits per heavy atom. The van der Waals surface area contributed by atoms with Crippen LogP contribution in [-0.2, 0) is 6.54 Å². The van der Waals surface area contributed by atoms with Gasteiger partial charge in [0.15, 0.2) is 0 Å². The smallest absolute Gasteiger partial charge is 0.137 e. The first kappa shape index (κ1) is 16.5. The van der Waals surface area contributed by atoms with E-state index in [2.05, 4.69) is 10.2 Å². The Labute approximate surface area is 150 Å². The molecule has 0 saturated carbocycles. The van der Waals surface area contributed by atoms with Crippen LogP contribution >= 0.6 is 0 Å². The van der Waals surface area contributed by atoms with E-state index in [1.807, 2.05) is 24.1 Å². The highest BCUT2D eigenvalue weighted by Gasteiger charge is 2.23. The van der Waals surface area contributed by atoms with Crippen LogP contribution < -0.4 is 0 Å². The van der Waals surface area contributed by atoms with Gasteiger partial charge in [0.1, 0.15) is 11.6 Å². The van der Waals surface area contributed by atoms with Crippen molar-refractivity contribution in [3.63, 3.8) is 0 Å². The van der Waals surface area contributed by atoms with Gasteiger partial charge in [0.25, 0.3) is 0 Å². The summed E-state index contributed by atoms with van der Waals surface area (Å²) >= 11 is 0. The minimum absolute atomic E-state index is 0.312. The summed E-state index contributed by atoms with van der Waals surface area (Å²) in [6, 6.07) is 13.6. The zero-order valence-corrected chi connectivity index (χ0v) is 14.3. The quantitative estimate of drug-likeness (QED) is 0.691. The van der Waals surface area contributed by atoms with E-state index >= 15 is 4.39 Å². The van der Waals surface area contributed by atoms with E-state index in [0.717, 1.165) is 0 Å². The maximum atomic E-state index is 15.4. The van der Waals surface area contributed by atoms with Crippen molar-refractivity contribution >= 4 is 5.57 Å². The predicted octanol–water partition coefficient (Wildman–Crippen LogP) is 4.30. The van der Waals surface area contributed by atoms with E-state index in [9.17, 15) is 4.39 Å². The van der Waals surface area contributed by atoms with Gasteiger partial charge in [0, 0.05) is 36.0 Å². The lowest BCUT2D eigenvalue weighted by Gasteiger charge is -2.17. The van der Waals surface area contributed by atoms with Crippen LogP contribution in [0.1, 0.15) is 16.7 Å². The Kier molecular flexibility index (Phi) is 4.31. The molecule has 0 radical (unpaired) electrons. The maximum Gasteiger partial charge on any atom is 0.137 e. The van der Waals surface area contributed by atoms with E-state index in [1.54, 1.807) is 42.6 Å². The summed E-state index contributed by atoms with van der Waals surface area (Å²) in [6.07, 6.45) is 3.50.